The molecule has 1 amide bonds. The molecule has 3 atom stereocenters. The Hall–Kier alpha value is -1.25. The first-order chi connectivity index (χ1) is 36.9. The molecule has 3 unspecified atom stereocenters. The molecule has 10 heteroatoms. The number of likely N-dealkylation sites (N-methyl/N-ethyl adjacent to an activating group) is 1. The predicted molar refractivity (Wildman–Crippen MR) is 328 cm³/mol. The zero-order valence-electron chi connectivity index (χ0n) is 51.8. The van der Waals surface area contributed by atoms with Gasteiger partial charge in [-0.15, -0.1) is 0 Å². The number of hydrogen-bond donors (Lipinski definition) is 2. The second-order valence-corrected chi connectivity index (χ2v) is 25.8. The molecule has 0 aromatic heterocycles. The highest BCUT2D eigenvalue weighted by Gasteiger charge is 2.30. The number of allylic oxidation sites excluding steroid dienone is 1. The van der Waals surface area contributed by atoms with Gasteiger partial charge in [-0.3, -0.25) is 18.6 Å². The number of nitrogens with one attached hydrogen (secondary N) is 1. The Morgan fingerprint density at radius 1 is 0.447 bits per heavy atom. The SMILES string of the molecule is CCCCCCCCCCCC/C=C\C(OC(=O)CCCCCCCCCCCCCCCCCCCCCCCCC)C(COP(=O)(O)OCC[N+](C)(C)C)NC(=O)CCCCCCCCCCCCCCCCC. The van der Waals surface area contributed by atoms with Crippen molar-refractivity contribution in [3.63, 3.8) is 0 Å². The third kappa shape index (κ3) is 57.4. The average Bonchev–Trinajstić information content (AvgIpc) is 3.38. The molecule has 0 aromatic rings. The highest BCUT2D eigenvalue weighted by molar-refractivity contribution is 7.47. The van der Waals surface area contributed by atoms with Crippen molar-refractivity contribution in [1.82, 2.24) is 5.32 Å². The molecule has 0 heterocycles. The normalized spacial score (nSPS) is 13.6. The number of amides is 1. The first-order valence-electron chi connectivity index (χ1n) is 33.5. The van der Waals surface area contributed by atoms with E-state index in [-0.39, 0.29) is 25.1 Å². The van der Waals surface area contributed by atoms with E-state index in [2.05, 4.69) is 26.1 Å². The number of unbranched alkanes of at least 4 members (excludes halogenated alkanes) is 46. The number of rotatable bonds is 62. The molecular weight excluding hydrogens is 964 g/mol. The number of carbonyl (C=O) groups is 2. The Morgan fingerprint density at radius 3 is 1.08 bits per heavy atom. The maximum Gasteiger partial charge on any atom is 0.472 e. The minimum absolute atomic E-state index is 0.0459. The van der Waals surface area contributed by atoms with Gasteiger partial charge in [-0.05, 0) is 31.8 Å². The summed E-state index contributed by atoms with van der Waals surface area (Å²) in [6.45, 7) is 7.08. The van der Waals surface area contributed by atoms with E-state index in [9.17, 15) is 19.0 Å². The molecule has 0 rings (SSSR count). The third-order valence-corrected chi connectivity index (χ3v) is 16.5. The van der Waals surface area contributed by atoms with Crippen molar-refractivity contribution in [2.45, 2.75) is 360 Å². The van der Waals surface area contributed by atoms with Crippen LogP contribution in [0.4, 0.5) is 0 Å². The number of quaternary nitrogens is 1. The van der Waals surface area contributed by atoms with Crippen LogP contribution in [0.1, 0.15) is 348 Å². The summed E-state index contributed by atoms with van der Waals surface area (Å²) in [6.07, 6.45) is 66.4. The zero-order chi connectivity index (χ0) is 55.7. The molecule has 0 saturated carbocycles. The lowest BCUT2D eigenvalue weighted by molar-refractivity contribution is -0.870. The van der Waals surface area contributed by atoms with Gasteiger partial charge in [0.1, 0.15) is 19.3 Å². The van der Waals surface area contributed by atoms with Gasteiger partial charge in [-0.25, -0.2) is 4.57 Å². The van der Waals surface area contributed by atoms with Crippen LogP contribution in [-0.4, -0.2) is 74.3 Å². The van der Waals surface area contributed by atoms with Crippen molar-refractivity contribution in [3.8, 4) is 0 Å². The quantitative estimate of drug-likeness (QED) is 0.0205. The molecule has 0 aromatic carbocycles. The van der Waals surface area contributed by atoms with Crippen LogP contribution in [0, 0.1) is 0 Å². The number of esters is 1. The number of nitrogens with zero attached hydrogens (tertiary/aromatic N) is 1. The number of ether oxygens (including phenoxy) is 1. The molecule has 0 spiro atoms. The van der Waals surface area contributed by atoms with E-state index in [0.29, 0.717) is 23.9 Å². The summed E-state index contributed by atoms with van der Waals surface area (Å²) >= 11 is 0. The van der Waals surface area contributed by atoms with E-state index in [4.69, 9.17) is 13.8 Å². The molecule has 452 valence electrons. The highest BCUT2D eigenvalue weighted by Crippen LogP contribution is 2.43. The van der Waals surface area contributed by atoms with Crippen LogP contribution in [-0.2, 0) is 27.9 Å². The minimum Gasteiger partial charge on any atom is -0.456 e. The van der Waals surface area contributed by atoms with Crippen molar-refractivity contribution in [3.05, 3.63) is 12.2 Å². The summed E-state index contributed by atoms with van der Waals surface area (Å²) in [7, 11) is 1.52. The van der Waals surface area contributed by atoms with Crippen LogP contribution in [0.5, 0.6) is 0 Å². The van der Waals surface area contributed by atoms with E-state index in [1.165, 1.54) is 257 Å². The molecule has 0 aliphatic rings. The summed E-state index contributed by atoms with van der Waals surface area (Å²) < 4.78 is 30.8. The smallest absolute Gasteiger partial charge is 0.456 e. The number of carbonyl (C=O) groups excluding carboxylic acids is 2. The fraction of sp³-hybridized carbons (Fsp3) is 0.939. The summed E-state index contributed by atoms with van der Waals surface area (Å²) in [6, 6.07) is -0.839. The second kappa shape index (κ2) is 57.0. The van der Waals surface area contributed by atoms with Crippen molar-refractivity contribution < 1.29 is 37.3 Å². The molecule has 0 aliphatic heterocycles. The van der Waals surface area contributed by atoms with Gasteiger partial charge in [0.15, 0.2) is 0 Å². The monoisotopic (exact) mass is 1100 g/mol. The summed E-state index contributed by atoms with van der Waals surface area (Å²) in [5.41, 5.74) is 0. The fourth-order valence-electron chi connectivity index (χ4n) is 10.3. The maximum atomic E-state index is 13.5. The van der Waals surface area contributed by atoms with E-state index in [1.54, 1.807) is 0 Å². The number of phosphoric acid groups is 1. The molecule has 0 aliphatic carbocycles. The number of phosphoric ester groups is 1. The third-order valence-electron chi connectivity index (χ3n) is 15.5. The molecular formula is C66H132N2O7P+. The summed E-state index contributed by atoms with van der Waals surface area (Å²) in [5, 5.41) is 3.07. The van der Waals surface area contributed by atoms with Gasteiger partial charge in [-0.2, -0.15) is 0 Å². The van der Waals surface area contributed by atoms with Crippen LogP contribution >= 0.6 is 7.82 Å². The van der Waals surface area contributed by atoms with Gasteiger partial charge < -0.3 is 19.4 Å². The van der Waals surface area contributed by atoms with Gasteiger partial charge in [0.05, 0.1) is 33.8 Å². The molecule has 0 radical (unpaired) electrons. The lowest BCUT2D eigenvalue weighted by atomic mass is 10.0. The largest absolute Gasteiger partial charge is 0.472 e. The van der Waals surface area contributed by atoms with Crippen molar-refractivity contribution in [1.29, 1.82) is 0 Å². The molecule has 0 bridgehead atoms. The number of hydrogen-bond acceptors (Lipinski definition) is 6. The van der Waals surface area contributed by atoms with Crippen molar-refractivity contribution in [2.75, 3.05) is 40.9 Å². The van der Waals surface area contributed by atoms with E-state index < -0.39 is 20.0 Å². The molecule has 0 fully saturated rings. The van der Waals surface area contributed by atoms with Gasteiger partial charge in [-0.1, -0.05) is 316 Å². The lowest BCUT2D eigenvalue weighted by Crippen LogP contribution is -2.47. The Labute approximate surface area is 473 Å². The van der Waals surface area contributed by atoms with E-state index in [1.807, 2.05) is 33.3 Å². The zero-order valence-corrected chi connectivity index (χ0v) is 52.7. The van der Waals surface area contributed by atoms with Crippen LogP contribution in [0.3, 0.4) is 0 Å². The predicted octanol–water partition coefficient (Wildman–Crippen LogP) is 20.7. The van der Waals surface area contributed by atoms with Gasteiger partial charge in [0, 0.05) is 12.8 Å². The Bertz CT molecular complexity index is 1310. The summed E-state index contributed by atoms with van der Waals surface area (Å²) in [4.78, 5) is 37.8. The fourth-order valence-corrected chi connectivity index (χ4v) is 11.0. The van der Waals surface area contributed by atoms with Crippen LogP contribution in [0.15, 0.2) is 12.2 Å². The van der Waals surface area contributed by atoms with E-state index in [0.717, 1.165) is 57.8 Å². The first kappa shape index (κ1) is 74.8. The topological polar surface area (TPSA) is 111 Å². The Kier molecular flexibility index (Phi) is 56.1. The van der Waals surface area contributed by atoms with Crippen molar-refractivity contribution >= 4 is 19.7 Å². The molecule has 9 nitrogen and oxygen atoms in total. The van der Waals surface area contributed by atoms with E-state index >= 15 is 0 Å². The molecule has 2 N–H and O–H groups in total. The highest BCUT2D eigenvalue weighted by atomic mass is 31.2. The standard InChI is InChI=1S/C66H131N2O7P/c1-7-10-13-16-19-22-25-28-30-31-32-33-34-35-36-37-39-41-44-47-50-53-56-59-66(70)75-64(57-54-51-48-45-42-27-24-21-18-15-12-9-3)63(62-74-76(71,72)73-61-60-68(4,5)6)67-65(69)58-55-52-49-46-43-40-38-29-26-23-20-17-14-11-8-2/h54,57,63-64H,7-53,55-56,58-62H2,1-6H3,(H-,67,69,71,72)/p+1/b57-54-. The summed E-state index contributed by atoms with van der Waals surface area (Å²) in [5.74, 6) is -0.480. The minimum atomic E-state index is -4.44. The lowest BCUT2D eigenvalue weighted by Gasteiger charge is -2.27. The molecule has 0 saturated heterocycles. The Balaban J connectivity index is 5.07. The van der Waals surface area contributed by atoms with Gasteiger partial charge in [0.2, 0.25) is 5.91 Å². The first-order valence-corrected chi connectivity index (χ1v) is 35.0. The van der Waals surface area contributed by atoms with Gasteiger partial charge in [0.25, 0.3) is 0 Å². The van der Waals surface area contributed by atoms with Gasteiger partial charge >= 0.3 is 13.8 Å². The van der Waals surface area contributed by atoms with Crippen LogP contribution in [0.2, 0.25) is 0 Å². The van der Waals surface area contributed by atoms with Crippen LogP contribution in [0.25, 0.3) is 0 Å². The Morgan fingerprint density at radius 2 is 0.750 bits per heavy atom. The molecule has 76 heavy (non-hydrogen) atoms. The van der Waals surface area contributed by atoms with Crippen LogP contribution < -0.4 is 5.32 Å². The van der Waals surface area contributed by atoms with Crippen molar-refractivity contribution in [2.24, 2.45) is 0 Å². The average molecular weight is 1100 g/mol. The second-order valence-electron chi connectivity index (χ2n) is 24.4. The maximum absolute atomic E-state index is 13.5.